The van der Waals surface area contributed by atoms with E-state index in [1.165, 1.54) is 6.33 Å². The number of nitrogens with two attached hydrogens (primary N) is 1. The molecule has 2 aliphatic rings. The van der Waals surface area contributed by atoms with Crippen LogP contribution in [0.3, 0.4) is 0 Å². The zero-order valence-electron chi connectivity index (χ0n) is 15.6. The molecule has 9 nitrogen and oxygen atoms in total. The number of nitrogen functional groups attached to an aromatic ring is 1. The Morgan fingerprint density at radius 2 is 2.00 bits per heavy atom. The average Bonchev–Trinajstić information content (AvgIpc) is 3.37. The van der Waals surface area contributed by atoms with Crippen molar-refractivity contribution in [2.24, 2.45) is 0 Å². The number of fused-ring (bicyclic) bond motifs is 1. The van der Waals surface area contributed by atoms with Gasteiger partial charge in [-0.25, -0.2) is 9.97 Å². The Bertz CT molecular complexity index is 748. The number of benzene rings is 1. The highest BCUT2D eigenvalue weighted by Crippen LogP contribution is 2.36. The highest BCUT2D eigenvalue weighted by atomic mass is 16.5. The lowest BCUT2D eigenvalue weighted by Crippen LogP contribution is -2.35. The third-order valence-corrected chi connectivity index (χ3v) is 4.78. The molecule has 4 rings (SSSR count). The molecule has 9 heteroatoms. The average molecular weight is 389 g/mol. The molecule has 28 heavy (non-hydrogen) atoms. The topological polar surface area (TPSA) is 137 Å². The molecule has 6 N–H and O–H groups in total. The Balaban J connectivity index is 0.000000178. The number of hydrogen-bond acceptors (Lipinski definition) is 9. The maximum absolute atomic E-state index is 9.36. The summed E-state index contributed by atoms with van der Waals surface area (Å²) in [6.07, 6.45) is 2.97. The van der Waals surface area contributed by atoms with Gasteiger partial charge in [0.2, 0.25) is 0 Å². The van der Waals surface area contributed by atoms with Crippen LogP contribution in [0.5, 0.6) is 0 Å². The second-order valence-electron chi connectivity index (χ2n) is 6.67. The second-order valence-corrected chi connectivity index (χ2v) is 6.67. The van der Waals surface area contributed by atoms with Gasteiger partial charge in [0.05, 0.1) is 25.5 Å². The van der Waals surface area contributed by atoms with Gasteiger partial charge in [0, 0.05) is 13.0 Å². The van der Waals surface area contributed by atoms with E-state index in [0.717, 1.165) is 29.9 Å². The van der Waals surface area contributed by atoms with Crippen LogP contribution in [0.2, 0.25) is 0 Å². The van der Waals surface area contributed by atoms with Gasteiger partial charge in [0.1, 0.15) is 18.2 Å². The number of anilines is 3. The maximum Gasteiger partial charge on any atom is 0.161 e. The van der Waals surface area contributed by atoms with Crippen LogP contribution in [0.4, 0.5) is 17.3 Å². The summed E-state index contributed by atoms with van der Waals surface area (Å²) in [5, 5.41) is 30.1. The van der Waals surface area contributed by atoms with Crippen molar-refractivity contribution in [2.75, 3.05) is 35.8 Å². The minimum absolute atomic E-state index is 0.0239. The van der Waals surface area contributed by atoms with E-state index in [0.29, 0.717) is 18.9 Å². The van der Waals surface area contributed by atoms with Gasteiger partial charge in [-0.1, -0.05) is 30.3 Å². The number of ether oxygens (including phenoxy) is 1. The summed E-state index contributed by atoms with van der Waals surface area (Å²) < 4.78 is 5.73. The molecule has 3 atom stereocenters. The lowest BCUT2D eigenvalue weighted by molar-refractivity contribution is 0.0115. The van der Waals surface area contributed by atoms with Crippen molar-refractivity contribution in [3.05, 3.63) is 42.2 Å². The quantitative estimate of drug-likeness (QED) is 0.504. The molecule has 0 amide bonds. The zero-order valence-corrected chi connectivity index (χ0v) is 15.6. The normalized spacial score (nSPS) is 21.5. The molecule has 0 radical (unpaired) electrons. The lowest BCUT2D eigenvalue weighted by Gasteiger charge is -2.24. The molecule has 1 aromatic heterocycles. The first kappa shape index (κ1) is 20.3. The minimum atomic E-state index is -0.527. The van der Waals surface area contributed by atoms with E-state index in [9.17, 15) is 5.11 Å². The van der Waals surface area contributed by atoms with Gasteiger partial charge in [-0.3, -0.25) is 0 Å². The third-order valence-electron chi connectivity index (χ3n) is 4.78. The van der Waals surface area contributed by atoms with E-state index in [4.69, 9.17) is 20.7 Å². The first-order valence-corrected chi connectivity index (χ1v) is 9.35. The molecule has 0 aliphatic carbocycles. The van der Waals surface area contributed by atoms with Crippen LogP contribution in [0.1, 0.15) is 30.9 Å². The summed E-state index contributed by atoms with van der Waals surface area (Å²) in [7, 11) is 0. The SMILES string of the molecule is Nc1ncnc2c1NCN2C1CCC(CO)O1.OCCC(O)c1ccccc1. The molecule has 3 heterocycles. The van der Waals surface area contributed by atoms with E-state index in [1.807, 2.05) is 35.2 Å². The monoisotopic (exact) mass is 389 g/mol. The van der Waals surface area contributed by atoms with E-state index >= 15 is 0 Å². The summed E-state index contributed by atoms with van der Waals surface area (Å²) in [6.45, 7) is 0.702. The van der Waals surface area contributed by atoms with Crippen LogP contribution in [0, 0.1) is 0 Å². The van der Waals surface area contributed by atoms with Crippen LogP contribution in [0.25, 0.3) is 0 Å². The Morgan fingerprint density at radius 1 is 1.21 bits per heavy atom. The number of aromatic nitrogens is 2. The lowest BCUT2D eigenvalue weighted by atomic mass is 10.1. The fraction of sp³-hybridized carbons (Fsp3) is 0.474. The summed E-state index contributed by atoms with van der Waals surface area (Å²) in [4.78, 5) is 10.2. The molecular formula is C19H27N5O4. The van der Waals surface area contributed by atoms with E-state index in [-0.39, 0.29) is 25.5 Å². The first-order chi connectivity index (χ1) is 13.6. The fourth-order valence-corrected chi connectivity index (χ4v) is 3.27. The summed E-state index contributed by atoms with van der Waals surface area (Å²) in [5.41, 5.74) is 7.39. The van der Waals surface area contributed by atoms with Crippen molar-refractivity contribution in [1.82, 2.24) is 9.97 Å². The number of rotatable bonds is 5. The van der Waals surface area contributed by atoms with Crippen molar-refractivity contribution >= 4 is 17.3 Å². The van der Waals surface area contributed by atoms with Gasteiger partial charge in [-0.2, -0.15) is 0 Å². The molecule has 1 fully saturated rings. The first-order valence-electron chi connectivity index (χ1n) is 9.35. The molecule has 152 valence electrons. The molecular weight excluding hydrogens is 362 g/mol. The van der Waals surface area contributed by atoms with Gasteiger partial charge in [0.25, 0.3) is 0 Å². The van der Waals surface area contributed by atoms with Crippen molar-refractivity contribution in [3.63, 3.8) is 0 Å². The van der Waals surface area contributed by atoms with Crippen molar-refractivity contribution in [1.29, 1.82) is 0 Å². The summed E-state index contributed by atoms with van der Waals surface area (Å²) in [6, 6.07) is 9.33. The largest absolute Gasteiger partial charge is 0.396 e. The van der Waals surface area contributed by atoms with Gasteiger partial charge in [-0.15, -0.1) is 0 Å². The van der Waals surface area contributed by atoms with Crippen molar-refractivity contribution < 1.29 is 20.1 Å². The maximum atomic E-state index is 9.36. The molecule has 0 spiro atoms. The van der Waals surface area contributed by atoms with Crippen molar-refractivity contribution in [3.8, 4) is 0 Å². The predicted octanol–water partition coefficient (Wildman–Crippen LogP) is 0.848. The smallest absolute Gasteiger partial charge is 0.161 e. The predicted molar refractivity (Wildman–Crippen MR) is 105 cm³/mol. The zero-order chi connectivity index (χ0) is 19.9. The van der Waals surface area contributed by atoms with Crippen molar-refractivity contribution in [2.45, 2.75) is 37.7 Å². The Kier molecular flexibility index (Phi) is 6.99. The van der Waals surface area contributed by atoms with Crippen LogP contribution in [0.15, 0.2) is 36.7 Å². The molecule has 2 aliphatic heterocycles. The standard InChI is InChI=1S/C10H15N5O2.C9H12O2/c11-9-8-10(13-4-12-9)15(5-14-8)7-2-1-6(3-16)17-7;10-7-6-9(11)8-4-2-1-3-5-8/h4,6-7,14,16H,1-3,5H2,(H2,11,12,13);1-5,9-11H,6-7H2. The highest BCUT2D eigenvalue weighted by molar-refractivity contribution is 5.79. The van der Waals surface area contributed by atoms with Gasteiger partial charge in [-0.05, 0) is 18.4 Å². The molecule has 0 saturated carbocycles. The third kappa shape index (κ3) is 4.68. The van der Waals surface area contributed by atoms with E-state index < -0.39 is 6.10 Å². The van der Waals surface area contributed by atoms with Crippen LogP contribution >= 0.6 is 0 Å². The number of hydrogen-bond donors (Lipinski definition) is 5. The summed E-state index contributed by atoms with van der Waals surface area (Å²) in [5.74, 6) is 1.23. The highest BCUT2D eigenvalue weighted by Gasteiger charge is 2.34. The van der Waals surface area contributed by atoms with E-state index in [1.54, 1.807) is 0 Å². The number of aliphatic hydroxyl groups excluding tert-OH is 3. The summed E-state index contributed by atoms with van der Waals surface area (Å²) >= 11 is 0. The number of nitrogens with zero attached hydrogens (tertiary/aromatic N) is 3. The molecule has 2 aromatic rings. The molecule has 1 aromatic carbocycles. The van der Waals surface area contributed by atoms with E-state index in [2.05, 4.69) is 15.3 Å². The van der Waals surface area contributed by atoms with Crippen LogP contribution in [-0.2, 0) is 4.74 Å². The van der Waals surface area contributed by atoms with Gasteiger partial charge >= 0.3 is 0 Å². The van der Waals surface area contributed by atoms with Gasteiger partial charge in [0.15, 0.2) is 11.6 Å². The molecule has 0 bridgehead atoms. The van der Waals surface area contributed by atoms with Crippen LogP contribution in [-0.4, -0.2) is 57.5 Å². The Hall–Kier alpha value is -2.46. The molecule has 1 saturated heterocycles. The number of aliphatic hydroxyl groups is 3. The minimum Gasteiger partial charge on any atom is -0.396 e. The Labute approximate surface area is 163 Å². The fourth-order valence-electron chi connectivity index (χ4n) is 3.27. The van der Waals surface area contributed by atoms with Gasteiger partial charge < -0.3 is 36.0 Å². The number of nitrogens with one attached hydrogen (secondary N) is 1. The second kappa shape index (κ2) is 9.65. The van der Waals surface area contributed by atoms with Crippen LogP contribution < -0.4 is 16.0 Å². The Morgan fingerprint density at radius 3 is 2.68 bits per heavy atom. The molecule has 3 unspecified atom stereocenters.